The van der Waals surface area contributed by atoms with Crippen LogP contribution in [0.15, 0.2) is 24.3 Å². The van der Waals surface area contributed by atoms with Crippen molar-refractivity contribution < 1.29 is 34.2 Å². The van der Waals surface area contributed by atoms with Gasteiger partial charge in [0.25, 0.3) is 0 Å². The normalized spacial score (nSPS) is 30.3. The first kappa shape index (κ1) is 28.4. The summed E-state index contributed by atoms with van der Waals surface area (Å²) in [5.41, 5.74) is 8.02. The van der Waals surface area contributed by atoms with Crippen molar-refractivity contribution in [1.29, 1.82) is 0 Å². The standard InChI is InChI=1S/C33H36N2O7/c1-14(2)19-13-20(17-9-8-15-6-5-7-16(15)10-17)27(36)24-21(19)11-18-12-22-26(35(3)4)29(38)25(32(34)41)31(40)33(22,42)30(39)23(18)28(24)37/h8-10,13-14,18,22-23,25-26,36,42H,5-7,11-12H2,1-4H3,(H2,34,41)/t18-,22-,23?,25?,26-,33-/m0/s1. The SMILES string of the molecule is CC(C)c1cc(-c2ccc3c(c2)CCC3)c(O)c2c1C[C@H]1C[C@H]3[C@H](N(C)C)C(=O)C(C(N)=O)C(=O)[C@@]3(O)C(=O)C1C2=O. The Morgan fingerprint density at radius 2 is 1.74 bits per heavy atom. The first-order valence-electron chi connectivity index (χ1n) is 14.6. The van der Waals surface area contributed by atoms with Gasteiger partial charge in [-0.2, -0.15) is 0 Å². The first-order valence-corrected chi connectivity index (χ1v) is 14.6. The fourth-order valence-corrected chi connectivity index (χ4v) is 8.18. The zero-order valence-electron chi connectivity index (χ0n) is 24.3. The number of carbonyl (C=O) groups excluding carboxylic acids is 5. The summed E-state index contributed by atoms with van der Waals surface area (Å²) >= 11 is 0. The maximum Gasteiger partial charge on any atom is 0.235 e. The number of amides is 1. The largest absolute Gasteiger partial charge is 0.507 e. The van der Waals surface area contributed by atoms with E-state index in [1.807, 2.05) is 32.0 Å². The molecule has 0 radical (unpaired) electrons. The molecule has 4 aliphatic rings. The van der Waals surface area contributed by atoms with Gasteiger partial charge < -0.3 is 15.9 Å². The molecule has 1 amide bonds. The number of nitrogens with zero attached hydrogens (tertiary/aromatic N) is 1. The second-order valence-corrected chi connectivity index (χ2v) is 13.0. The quantitative estimate of drug-likeness (QED) is 0.471. The summed E-state index contributed by atoms with van der Waals surface area (Å²) in [6.45, 7) is 4.01. The van der Waals surface area contributed by atoms with E-state index in [4.69, 9.17) is 5.73 Å². The Bertz CT molecular complexity index is 1590. The number of likely N-dealkylation sites (N-methyl/N-ethyl adjacent to an activating group) is 1. The maximum absolute atomic E-state index is 14.3. The number of primary amides is 1. The van der Waals surface area contributed by atoms with E-state index in [1.165, 1.54) is 16.0 Å². The number of hydrogen-bond donors (Lipinski definition) is 3. The molecule has 6 rings (SSSR count). The summed E-state index contributed by atoms with van der Waals surface area (Å²) in [7, 11) is 3.15. The molecular weight excluding hydrogens is 536 g/mol. The summed E-state index contributed by atoms with van der Waals surface area (Å²) in [6.07, 6.45) is 3.31. The van der Waals surface area contributed by atoms with Gasteiger partial charge in [0.2, 0.25) is 5.91 Å². The molecule has 2 unspecified atom stereocenters. The van der Waals surface area contributed by atoms with Gasteiger partial charge in [-0.3, -0.25) is 28.9 Å². The molecule has 9 nitrogen and oxygen atoms in total. The van der Waals surface area contributed by atoms with E-state index >= 15 is 0 Å². The van der Waals surface area contributed by atoms with Crippen LogP contribution >= 0.6 is 0 Å². The second-order valence-electron chi connectivity index (χ2n) is 13.0. The number of phenolic OH excluding ortho intramolecular Hbond substituents is 1. The van der Waals surface area contributed by atoms with E-state index in [-0.39, 0.29) is 30.1 Å². The van der Waals surface area contributed by atoms with Crippen LogP contribution in [0.2, 0.25) is 0 Å². The fraction of sp³-hybridized carbons (Fsp3) is 0.485. The van der Waals surface area contributed by atoms with Crippen molar-refractivity contribution in [3.05, 3.63) is 52.1 Å². The molecule has 2 fully saturated rings. The molecule has 0 spiro atoms. The van der Waals surface area contributed by atoms with Gasteiger partial charge in [-0.1, -0.05) is 32.0 Å². The van der Waals surface area contributed by atoms with Crippen LogP contribution in [0, 0.1) is 23.7 Å². The van der Waals surface area contributed by atoms with Crippen molar-refractivity contribution in [2.75, 3.05) is 14.1 Å². The number of Topliss-reactive ketones (excluding diaryl/α,β-unsaturated/α-hetero) is 4. The van der Waals surface area contributed by atoms with E-state index in [0.717, 1.165) is 30.4 Å². The Morgan fingerprint density at radius 3 is 2.38 bits per heavy atom. The highest BCUT2D eigenvalue weighted by atomic mass is 16.3. The Labute approximate surface area is 244 Å². The van der Waals surface area contributed by atoms with Gasteiger partial charge in [-0.15, -0.1) is 0 Å². The zero-order valence-corrected chi connectivity index (χ0v) is 24.3. The molecule has 220 valence electrons. The van der Waals surface area contributed by atoms with Crippen molar-refractivity contribution >= 4 is 29.0 Å². The maximum atomic E-state index is 14.3. The molecule has 6 atom stereocenters. The van der Waals surface area contributed by atoms with Gasteiger partial charge in [0.05, 0.1) is 17.5 Å². The van der Waals surface area contributed by atoms with Crippen molar-refractivity contribution in [2.24, 2.45) is 29.4 Å². The minimum Gasteiger partial charge on any atom is -0.507 e. The van der Waals surface area contributed by atoms with Crippen molar-refractivity contribution in [2.45, 2.75) is 63.5 Å². The van der Waals surface area contributed by atoms with Gasteiger partial charge in [-0.05, 0) is 91.9 Å². The van der Waals surface area contributed by atoms with E-state index < -0.39 is 64.4 Å². The molecule has 4 N–H and O–H groups in total. The third-order valence-corrected chi connectivity index (χ3v) is 10.1. The Hall–Kier alpha value is -3.69. The topological polar surface area (TPSA) is 155 Å². The van der Waals surface area contributed by atoms with Crippen molar-refractivity contribution in [3.63, 3.8) is 0 Å². The lowest BCUT2D eigenvalue weighted by Crippen LogP contribution is -2.74. The molecule has 9 heteroatoms. The number of benzene rings is 2. The minimum atomic E-state index is -2.73. The molecular formula is C33H36N2O7. The molecule has 2 saturated carbocycles. The molecule has 0 aromatic heterocycles. The molecule has 0 saturated heterocycles. The number of rotatable bonds is 4. The highest BCUT2D eigenvalue weighted by Crippen LogP contribution is 2.52. The Balaban J connectivity index is 1.50. The van der Waals surface area contributed by atoms with E-state index in [2.05, 4.69) is 6.07 Å². The summed E-state index contributed by atoms with van der Waals surface area (Å²) in [4.78, 5) is 68.9. The second kappa shape index (κ2) is 9.67. The number of phenols is 1. The number of nitrogens with two attached hydrogens (primary N) is 1. The Morgan fingerprint density at radius 1 is 1.05 bits per heavy atom. The third kappa shape index (κ3) is 3.79. The lowest BCUT2D eigenvalue weighted by molar-refractivity contribution is -0.181. The van der Waals surface area contributed by atoms with Crippen LogP contribution in [-0.4, -0.2) is 69.9 Å². The molecule has 2 aromatic carbocycles. The zero-order chi connectivity index (χ0) is 30.4. The first-order chi connectivity index (χ1) is 19.8. The smallest absolute Gasteiger partial charge is 0.235 e. The molecule has 42 heavy (non-hydrogen) atoms. The van der Waals surface area contributed by atoms with Crippen LogP contribution in [0.25, 0.3) is 11.1 Å². The number of hydrogen-bond acceptors (Lipinski definition) is 8. The van der Waals surface area contributed by atoms with Gasteiger partial charge in [0, 0.05) is 11.5 Å². The highest BCUT2D eigenvalue weighted by Gasteiger charge is 2.69. The number of aromatic hydroxyl groups is 1. The number of aryl methyl sites for hydroxylation is 2. The van der Waals surface area contributed by atoms with Crippen molar-refractivity contribution in [1.82, 2.24) is 4.90 Å². The number of ketones is 4. The van der Waals surface area contributed by atoms with Gasteiger partial charge in [0.15, 0.2) is 34.7 Å². The summed E-state index contributed by atoms with van der Waals surface area (Å²) < 4.78 is 0. The van der Waals surface area contributed by atoms with Crippen LogP contribution in [0.5, 0.6) is 5.75 Å². The van der Waals surface area contributed by atoms with E-state index in [9.17, 15) is 34.2 Å². The van der Waals surface area contributed by atoms with E-state index in [1.54, 1.807) is 14.1 Å². The average Bonchev–Trinajstić information content (AvgIpc) is 3.38. The van der Waals surface area contributed by atoms with Crippen LogP contribution in [0.1, 0.15) is 65.2 Å². The fourth-order valence-electron chi connectivity index (χ4n) is 8.18. The molecule has 0 heterocycles. The van der Waals surface area contributed by atoms with Gasteiger partial charge in [0.1, 0.15) is 5.75 Å². The van der Waals surface area contributed by atoms with Gasteiger partial charge >= 0.3 is 0 Å². The van der Waals surface area contributed by atoms with E-state index in [0.29, 0.717) is 11.1 Å². The van der Waals surface area contributed by atoms with Crippen LogP contribution in [-0.2, 0) is 38.4 Å². The number of aliphatic hydroxyl groups is 1. The number of carbonyl (C=O) groups is 5. The molecule has 2 aromatic rings. The van der Waals surface area contributed by atoms with Crippen LogP contribution < -0.4 is 5.73 Å². The summed E-state index contributed by atoms with van der Waals surface area (Å²) in [5.74, 6) is -10.3. The average molecular weight is 573 g/mol. The third-order valence-electron chi connectivity index (χ3n) is 10.1. The predicted octanol–water partition coefficient (Wildman–Crippen LogP) is 2.15. The summed E-state index contributed by atoms with van der Waals surface area (Å²) in [5, 5.41) is 23.5. The van der Waals surface area contributed by atoms with Crippen LogP contribution in [0.4, 0.5) is 0 Å². The number of fused-ring (bicyclic) bond motifs is 4. The van der Waals surface area contributed by atoms with Crippen LogP contribution in [0.3, 0.4) is 0 Å². The lowest BCUT2D eigenvalue weighted by Gasteiger charge is -2.52. The molecule has 0 aliphatic heterocycles. The van der Waals surface area contributed by atoms with Crippen molar-refractivity contribution in [3.8, 4) is 16.9 Å². The predicted molar refractivity (Wildman–Crippen MR) is 153 cm³/mol. The minimum absolute atomic E-state index is 0.00298. The van der Waals surface area contributed by atoms with Gasteiger partial charge in [-0.25, -0.2) is 0 Å². The molecule has 4 aliphatic carbocycles. The lowest BCUT2D eigenvalue weighted by atomic mass is 9.52. The monoisotopic (exact) mass is 572 g/mol. The highest BCUT2D eigenvalue weighted by molar-refractivity contribution is 6.32. The summed E-state index contributed by atoms with van der Waals surface area (Å²) in [6, 6.07) is 6.85. The Kier molecular flexibility index (Phi) is 6.55. The molecule has 0 bridgehead atoms.